The summed E-state index contributed by atoms with van der Waals surface area (Å²) in [5, 5.41) is 6.47. The van der Waals surface area contributed by atoms with E-state index in [0.29, 0.717) is 11.8 Å². The summed E-state index contributed by atoms with van der Waals surface area (Å²) < 4.78 is 5.46. The summed E-state index contributed by atoms with van der Waals surface area (Å²) in [5.41, 5.74) is 1.89. The Morgan fingerprint density at radius 3 is 3.25 bits per heavy atom. The van der Waals surface area contributed by atoms with Gasteiger partial charge in [0.2, 0.25) is 0 Å². The molecule has 0 spiro atoms. The van der Waals surface area contributed by atoms with Gasteiger partial charge in [-0.05, 0) is 55.1 Å². The Balaban J connectivity index is 1.59. The lowest BCUT2D eigenvalue weighted by Crippen LogP contribution is -2.41. The fourth-order valence-corrected chi connectivity index (χ4v) is 3.03. The van der Waals surface area contributed by atoms with E-state index in [1.165, 1.54) is 0 Å². The average Bonchev–Trinajstić information content (AvgIpc) is 2.93. The van der Waals surface area contributed by atoms with Crippen LogP contribution < -0.4 is 15.4 Å². The number of ether oxygens (including phenoxy) is 1. The van der Waals surface area contributed by atoms with Crippen molar-refractivity contribution in [3.8, 4) is 5.75 Å². The largest absolute Gasteiger partial charge is 0.493 e. The number of amides is 1. The number of hydrogen-bond donors (Lipinski definition) is 2. The molecule has 2 aliphatic heterocycles. The molecule has 4 heteroatoms. The molecule has 4 nitrogen and oxygen atoms in total. The fraction of sp³-hybridized carbons (Fsp3) is 0.562. The van der Waals surface area contributed by atoms with Crippen molar-refractivity contribution in [3.63, 3.8) is 0 Å². The molecule has 0 radical (unpaired) electrons. The Kier molecular flexibility index (Phi) is 3.92. The minimum Gasteiger partial charge on any atom is -0.493 e. The average molecular weight is 274 g/mol. The first-order valence-corrected chi connectivity index (χ1v) is 7.48. The van der Waals surface area contributed by atoms with E-state index in [-0.39, 0.29) is 5.91 Å². The van der Waals surface area contributed by atoms with Crippen molar-refractivity contribution in [2.75, 3.05) is 26.2 Å². The molecule has 2 N–H and O–H groups in total. The van der Waals surface area contributed by atoms with Gasteiger partial charge in [0, 0.05) is 18.5 Å². The SMILES string of the molecule is CC1CNCCC1CNC(=O)c1ccc2c(c1)CCO2. The molecule has 0 bridgehead atoms. The molecule has 2 unspecified atom stereocenters. The highest BCUT2D eigenvalue weighted by Gasteiger charge is 2.22. The van der Waals surface area contributed by atoms with E-state index in [1.807, 2.05) is 18.2 Å². The molecule has 1 aromatic carbocycles. The van der Waals surface area contributed by atoms with Crippen LogP contribution in [0.25, 0.3) is 0 Å². The Labute approximate surface area is 119 Å². The van der Waals surface area contributed by atoms with E-state index in [2.05, 4.69) is 17.6 Å². The van der Waals surface area contributed by atoms with Gasteiger partial charge >= 0.3 is 0 Å². The summed E-state index contributed by atoms with van der Waals surface area (Å²) in [6.07, 6.45) is 2.04. The summed E-state index contributed by atoms with van der Waals surface area (Å²) in [6, 6.07) is 5.72. The van der Waals surface area contributed by atoms with Gasteiger partial charge in [-0.25, -0.2) is 0 Å². The Morgan fingerprint density at radius 2 is 2.40 bits per heavy atom. The number of nitrogens with one attached hydrogen (secondary N) is 2. The smallest absolute Gasteiger partial charge is 0.251 e. The number of hydrogen-bond acceptors (Lipinski definition) is 3. The molecule has 0 aromatic heterocycles. The van der Waals surface area contributed by atoms with Crippen molar-refractivity contribution in [1.82, 2.24) is 10.6 Å². The Bertz CT molecular complexity index is 501. The molecule has 1 aromatic rings. The second-order valence-corrected chi connectivity index (χ2v) is 5.86. The summed E-state index contributed by atoms with van der Waals surface area (Å²) in [7, 11) is 0. The number of piperidine rings is 1. The van der Waals surface area contributed by atoms with Crippen LogP contribution in [0.4, 0.5) is 0 Å². The predicted octanol–water partition coefficient (Wildman–Crippen LogP) is 1.60. The van der Waals surface area contributed by atoms with Gasteiger partial charge in [0.05, 0.1) is 6.61 Å². The first kappa shape index (κ1) is 13.4. The molecule has 2 aliphatic rings. The number of fused-ring (bicyclic) bond motifs is 1. The highest BCUT2D eigenvalue weighted by atomic mass is 16.5. The molecule has 108 valence electrons. The maximum Gasteiger partial charge on any atom is 0.251 e. The summed E-state index contributed by atoms with van der Waals surface area (Å²) >= 11 is 0. The normalized spacial score (nSPS) is 24.9. The topological polar surface area (TPSA) is 50.4 Å². The molecule has 1 saturated heterocycles. The lowest BCUT2D eigenvalue weighted by atomic mass is 9.88. The van der Waals surface area contributed by atoms with Crippen molar-refractivity contribution >= 4 is 5.91 Å². The minimum absolute atomic E-state index is 0.0328. The van der Waals surface area contributed by atoms with E-state index in [1.54, 1.807) is 0 Å². The van der Waals surface area contributed by atoms with Crippen LogP contribution in [0.2, 0.25) is 0 Å². The predicted molar refractivity (Wildman–Crippen MR) is 78.1 cm³/mol. The van der Waals surface area contributed by atoms with Gasteiger partial charge in [-0.15, -0.1) is 0 Å². The first-order chi connectivity index (χ1) is 9.74. The van der Waals surface area contributed by atoms with Gasteiger partial charge in [0.15, 0.2) is 0 Å². The maximum absolute atomic E-state index is 12.2. The van der Waals surface area contributed by atoms with Crippen LogP contribution in [0.5, 0.6) is 5.75 Å². The second kappa shape index (κ2) is 5.83. The van der Waals surface area contributed by atoms with Crippen LogP contribution in [0, 0.1) is 11.8 Å². The minimum atomic E-state index is 0.0328. The lowest BCUT2D eigenvalue weighted by Gasteiger charge is -2.29. The highest BCUT2D eigenvalue weighted by Crippen LogP contribution is 2.26. The lowest BCUT2D eigenvalue weighted by molar-refractivity contribution is 0.0938. The monoisotopic (exact) mass is 274 g/mol. The molecule has 1 amide bonds. The van der Waals surface area contributed by atoms with Crippen LogP contribution >= 0.6 is 0 Å². The van der Waals surface area contributed by atoms with E-state index in [4.69, 9.17) is 4.74 Å². The van der Waals surface area contributed by atoms with E-state index >= 15 is 0 Å². The third-order valence-electron chi connectivity index (χ3n) is 4.44. The first-order valence-electron chi connectivity index (χ1n) is 7.48. The molecule has 0 saturated carbocycles. The van der Waals surface area contributed by atoms with Crippen molar-refractivity contribution in [2.24, 2.45) is 11.8 Å². The molecule has 2 atom stereocenters. The fourth-order valence-electron chi connectivity index (χ4n) is 3.03. The standard InChI is InChI=1S/C16H22N2O2/c1-11-9-17-6-4-14(11)10-18-16(19)13-2-3-15-12(8-13)5-7-20-15/h2-3,8,11,14,17H,4-7,9-10H2,1H3,(H,18,19). The van der Waals surface area contributed by atoms with E-state index in [0.717, 1.165) is 56.0 Å². The van der Waals surface area contributed by atoms with Crippen LogP contribution in [0.15, 0.2) is 18.2 Å². The van der Waals surface area contributed by atoms with E-state index in [9.17, 15) is 4.79 Å². The molecular weight excluding hydrogens is 252 g/mol. The van der Waals surface area contributed by atoms with Crippen molar-refractivity contribution < 1.29 is 9.53 Å². The van der Waals surface area contributed by atoms with E-state index < -0.39 is 0 Å². The maximum atomic E-state index is 12.2. The van der Waals surface area contributed by atoms with Gasteiger partial charge in [0.1, 0.15) is 5.75 Å². The molecular formula is C16H22N2O2. The summed E-state index contributed by atoms with van der Waals surface area (Å²) in [5.74, 6) is 2.16. The van der Waals surface area contributed by atoms with Crippen molar-refractivity contribution in [1.29, 1.82) is 0 Å². The van der Waals surface area contributed by atoms with Gasteiger partial charge in [-0.1, -0.05) is 6.92 Å². The summed E-state index contributed by atoms with van der Waals surface area (Å²) in [4.78, 5) is 12.2. The molecule has 2 heterocycles. The van der Waals surface area contributed by atoms with Gasteiger partial charge in [-0.2, -0.15) is 0 Å². The van der Waals surface area contributed by atoms with Crippen LogP contribution in [0.3, 0.4) is 0 Å². The number of carbonyl (C=O) groups excluding carboxylic acids is 1. The van der Waals surface area contributed by atoms with Crippen LogP contribution in [0.1, 0.15) is 29.3 Å². The quantitative estimate of drug-likeness (QED) is 0.880. The second-order valence-electron chi connectivity index (χ2n) is 5.86. The van der Waals surface area contributed by atoms with Gasteiger partial charge in [0.25, 0.3) is 5.91 Å². The van der Waals surface area contributed by atoms with Crippen molar-refractivity contribution in [2.45, 2.75) is 19.8 Å². The zero-order chi connectivity index (χ0) is 13.9. The Morgan fingerprint density at radius 1 is 1.50 bits per heavy atom. The third kappa shape index (κ3) is 2.80. The number of rotatable bonds is 3. The number of benzene rings is 1. The summed E-state index contributed by atoms with van der Waals surface area (Å²) in [6.45, 7) is 5.86. The van der Waals surface area contributed by atoms with Crippen LogP contribution in [-0.4, -0.2) is 32.1 Å². The zero-order valence-electron chi connectivity index (χ0n) is 11.9. The molecule has 3 rings (SSSR count). The highest BCUT2D eigenvalue weighted by molar-refractivity contribution is 5.94. The number of carbonyl (C=O) groups is 1. The van der Waals surface area contributed by atoms with Gasteiger partial charge < -0.3 is 15.4 Å². The van der Waals surface area contributed by atoms with Gasteiger partial charge in [-0.3, -0.25) is 4.79 Å². The Hall–Kier alpha value is -1.55. The molecule has 20 heavy (non-hydrogen) atoms. The van der Waals surface area contributed by atoms with Crippen molar-refractivity contribution in [3.05, 3.63) is 29.3 Å². The van der Waals surface area contributed by atoms with Crippen LogP contribution in [-0.2, 0) is 6.42 Å². The zero-order valence-corrected chi connectivity index (χ0v) is 11.9. The molecule has 1 fully saturated rings. The molecule has 0 aliphatic carbocycles. The third-order valence-corrected chi connectivity index (χ3v) is 4.44.